The van der Waals surface area contributed by atoms with Gasteiger partial charge in [-0.05, 0) is 24.1 Å². The van der Waals surface area contributed by atoms with Gasteiger partial charge >= 0.3 is 6.03 Å². The molecule has 0 aromatic heterocycles. The van der Waals surface area contributed by atoms with Gasteiger partial charge in [0.2, 0.25) is 11.8 Å². The van der Waals surface area contributed by atoms with Crippen molar-refractivity contribution in [1.29, 1.82) is 0 Å². The zero-order valence-corrected chi connectivity index (χ0v) is 18.3. The Labute approximate surface area is 186 Å². The summed E-state index contributed by atoms with van der Waals surface area (Å²) in [4.78, 5) is 52.7. The van der Waals surface area contributed by atoms with E-state index < -0.39 is 35.8 Å². The molecule has 1 aliphatic heterocycles. The van der Waals surface area contributed by atoms with E-state index in [9.17, 15) is 19.2 Å². The summed E-state index contributed by atoms with van der Waals surface area (Å²) < 4.78 is 5.12. The lowest BCUT2D eigenvalue weighted by molar-refractivity contribution is -0.139. The Morgan fingerprint density at radius 2 is 1.84 bits per heavy atom. The highest BCUT2D eigenvalue weighted by molar-refractivity contribution is 6.09. The van der Waals surface area contributed by atoms with E-state index in [-0.39, 0.29) is 6.54 Å². The number of anilines is 1. The molecule has 0 spiro atoms. The fraction of sp³-hybridized carbons (Fsp3) is 0.304. The molecule has 2 aromatic rings. The maximum absolute atomic E-state index is 13.1. The maximum atomic E-state index is 13.1. The van der Waals surface area contributed by atoms with Crippen molar-refractivity contribution in [2.75, 3.05) is 32.6 Å². The van der Waals surface area contributed by atoms with Gasteiger partial charge in [-0.1, -0.05) is 43.3 Å². The first kappa shape index (κ1) is 22.8. The Kier molecular flexibility index (Phi) is 6.77. The summed E-state index contributed by atoms with van der Waals surface area (Å²) in [6, 6.07) is 15.1. The van der Waals surface area contributed by atoms with Crippen LogP contribution in [-0.4, -0.2) is 60.8 Å². The molecule has 0 bridgehead atoms. The maximum Gasteiger partial charge on any atom is 0.325 e. The monoisotopic (exact) mass is 438 g/mol. The smallest absolute Gasteiger partial charge is 0.325 e. The van der Waals surface area contributed by atoms with Gasteiger partial charge in [-0.25, -0.2) is 4.79 Å². The second-order valence-corrected chi connectivity index (χ2v) is 7.48. The van der Waals surface area contributed by atoms with Gasteiger partial charge in [-0.3, -0.25) is 19.3 Å². The van der Waals surface area contributed by atoms with Gasteiger partial charge in [0.05, 0.1) is 13.7 Å². The third kappa shape index (κ3) is 4.56. The number of hydrogen-bond acceptors (Lipinski definition) is 5. The minimum Gasteiger partial charge on any atom is -0.497 e. The number of carbonyl (C=O) groups excluding carboxylic acids is 4. The van der Waals surface area contributed by atoms with Crippen molar-refractivity contribution in [3.8, 4) is 5.75 Å². The number of amides is 5. The Hall–Kier alpha value is -3.88. The number of rotatable bonds is 8. The standard InChI is InChI=1S/C23H26N4O5/c1-4-23(16-9-6-5-7-10-16)21(30)27(22(31)25-23)15-20(29)26(2)14-19(28)24-17-11-8-12-18(13-17)32-3/h5-13H,4,14-15H2,1-3H3,(H,24,28)(H,25,31)/t23-/m1/s1. The van der Waals surface area contributed by atoms with Crippen molar-refractivity contribution in [3.05, 3.63) is 60.2 Å². The number of nitrogens with one attached hydrogen (secondary N) is 2. The Morgan fingerprint density at radius 3 is 2.50 bits per heavy atom. The molecule has 3 rings (SSSR count). The van der Waals surface area contributed by atoms with E-state index in [4.69, 9.17) is 4.74 Å². The largest absolute Gasteiger partial charge is 0.497 e. The molecule has 9 nitrogen and oxygen atoms in total. The number of ether oxygens (including phenoxy) is 1. The number of methoxy groups -OCH3 is 1. The summed E-state index contributed by atoms with van der Waals surface area (Å²) >= 11 is 0. The minimum atomic E-state index is -1.21. The second kappa shape index (κ2) is 9.51. The first-order chi connectivity index (χ1) is 15.3. The molecule has 2 N–H and O–H groups in total. The summed E-state index contributed by atoms with van der Waals surface area (Å²) in [5, 5.41) is 5.42. The Balaban J connectivity index is 1.63. The molecule has 2 aromatic carbocycles. The predicted octanol–water partition coefficient (Wildman–Crippen LogP) is 1.95. The molecule has 32 heavy (non-hydrogen) atoms. The molecule has 1 atom stereocenters. The van der Waals surface area contributed by atoms with Crippen molar-refractivity contribution in [2.45, 2.75) is 18.9 Å². The summed E-state index contributed by atoms with van der Waals surface area (Å²) in [6.07, 6.45) is 0.338. The third-order valence-corrected chi connectivity index (χ3v) is 5.43. The number of hydrogen-bond donors (Lipinski definition) is 2. The zero-order chi connectivity index (χ0) is 23.3. The Bertz CT molecular complexity index is 1030. The van der Waals surface area contributed by atoms with Crippen LogP contribution in [0.3, 0.4) is 0 Å². The van der Waals surface area contributed by atoms with Crippen LogP contribution in [0.25, 0.3) is 0 Å². The van der Waals surface area contributed by atoms with Crippen LogP contribution in [0.15, 0.2) is 54.6 Å². The van der Waals surface area contributed by atoms with Crippen LogP contribution in [0.2, 0.25) is 0 Å². The third-order valence-electron chi connectivity index (χ3n) is 5.43. The van der Waals surface area contributed by atoms with Crippen molar-refractivity contribution in [2.24, 2.45) is 0 Å². The van der Waals surface area contributed by atoms with Gasteiger partial charge in [-0.2, -0.15) is 0 Å². The van der Waals surface area contributed by atoms with Crippen molar-refractivity contribution >= 4 is 29.4 Å². The molecule has 0 saturated carbocycles. The van der Waals surface area contributed by atoms with E-state index in [0.717, 1.165) is 4.90 Å². The average Bonchev–Trinajstić information content (AvgIpc) is 3.04. The molecule has 5 amide bonds. The van der Waals surface area contributed by atoms with Crippen molar-refractivity contribution in [1.82, 2.24) is 15.1 Å². The number of urea groups is 1. The highest BCUT2D eigenvalue weighted by Gasteiger charge is 2.51. The lowest BCUT2D eigenvalue weighted by Gasteiger charge is -2.26. The van der Waals surface area contributed by atoms with Gasteiger partial charge in [-0.15, -0.1) is 0 Å². The number of likely N-dealkylation sites (N-methyl/N-ethyl adjacent to an activating group) is 1. The number of nitrogens with zero attached hydrogens (tertiary/aromatic N) is 2. The predicted molar refractivity (Wildman–Crippen MR) is 118 cm³/mol. The van der Waals surface area contributed by atoms with Crippen LogP contribution < -0.4 is 15.4 Å². The molecule has 1 aliphatic rings. The molecule has 0 unspecified atom stereocenters. The van der Waals surface area contributed by atoms with Crippen LogP contribution in [0, 0.1) is 0 Å². The van der Waals surface area contributed by atoms with Crippen LogP contribution in [0.4, 0.5) is 10.5 Å². The minimum absolute atomic E-state index is 0.239. The fourth-order valence-electron chi connectivity index (χ4n) is 3.59. The Morgan fingerprint density at radius 1 is 1.12 bits per heavy atom. The molecule has 0 aliphatic carbocycles. The van der Waals surface area contributed by atoms with E-state index >= 15 is 0 Å². The topological polar surface area (TPSA) is 108 Å². The van der Waals surface area contributed by atoms with E-state index in [0.29, 0.717) is 23.4 Å². The van der Waals surface area contributed by atoms with Crippen LogP contribution in [0.1, 0.15) is 18.9 Å². The van der Waals surface area contributed by atoms with Gasteiger partial charge in [0, 0.05) is 18.8 Å². The molecule has 1 fully saturated rings. The molecule has 1 saturated heterocycles. The quantitative estimate of drug-likeness (QED) is 0.613. The SMILES string of the molecule is CC[C@]1(c2ccccc2)NC(=O)N(CC(=O)N(C)CC(=O)Nc2cccc(OC)c2)C1=O. The van der Waals surface area contributed by atoms with E-state index in [1.54, 1.807) is 55.5 Å². The van der Waals surface area contributed by atoms with Gasteiger partial charge < -0.3 is 20.3 Å². The van der Waals surface area contributed by atoms with E-state index in [2.05, 4.69) is 10.6 Å². The number of benzene rings is 2. The number of imide groups is 1. The van der Waals surface area contributed by atoms with Crippen LogP contribution in [0.5, 0.6) is 5.75 Å². The van der Waals surface area contributed by atoms with Gasteiger partial charge in [0.1, 0.15) is 17.8 Å². The summed E-state index contributed by atoms with van der Waals surface area (Å²) in [6.45, 7) is 1.10. The van der Waals surface area contributed by atoms with Crippen molar-refractivity contribution < 1.29 is 23.9 Å². The van der Waals surface area contributed by atoms with Crippen LogP contribution in [-0.2, 0) is 19.9 Å². The first-order valence-corrected chi connectivity index (χ1v) is 10.2. The normalized spacial score (nSPS) is 17.7. The van der Waals surface area contributed by atoms with E-state index in [1.807, 2.05) is 6.07 Å². The number of carbonyl (C=O) groups is 4. The summed E-state index contributed by atoms with van der Waals surface area (Å²) in [7, 11) is 2.96. The molecule has 168 valence electrons. The highest BCUT2D eigenvalue weighted by Crippen LogP contribution is 2.32. The molecule has 0 radical (unpaired) electrons. The van der Waals surface area contributed by atoms with Crippen LogP contribution >= 0.6 is 0 Å². The van der Waals surface area contributed by atoms with Gasteiger partial charge in [0.25, 0.3) is 5.91 Å². The molecule has 1 heterocycles. The molecular formula is C23H26N4O5. The summed E-state index contributed by atoms with van der Waals surface area (Å²) in [5.41, 5.74) is -0.0253. The van der Waals surface area contributed by atoms with E-state index in [1.165, 1.54) is 19.1 Å². The second-order valence-electron chi connectivity index (χ2n) is 7.48. The first-order valence-electron chi connectivity index (χ1n) is 10.2. The lowest BCUT2D eigenvalue weighted by atomic mass is 9.87. The fourth-order valence-corrected chi connectivity index (χ4v) is 3.59. The van der Waals surface area contributed by atoms with Gasteiger partial charge in [0.15, 0.2) is 0 Å². The zero-order valence-electron chi connectivity index (χ0n) is 18.3. The average molecular weight is 438 g/mol. The van der Waals surface area contributed by atoms with Crippen molar-refractivity contribution in [3.63, 3.8) is 0 Å². The summed E-state index contributed by atoms with van der Waals surface area (Å²) in [5.74, 6) is -0.852. The highest BCUT2D eigenvalue weighted by atomic mass is 16.5. The molecule has 9 heteroatoms. The molecular weight excluding hydrogens is 412 g/mol. The lowest BCUT2D eigenvalue weighted by Crippen LogP contribution is -2.46.